The van der Waals surface area contributed by atoms with Crippen molar-refractivity contribution in [3.05, 3.63) is 82.5 Å². The van der Waals surface area contributed by atoms with Crippen molar-refractivity contribution in [3.63, 3.8) is 0 Å². The number of imidazole rings is 2. The average molecular weight is 821 g/mol. The number of allylic oxidation sites excluding steroid dienone is 2. The molecular weight excluding hydrogens is 773 g/mol. The van der Waals surface area contributed by atoms with Crippen molar-refractivity contribution < 1.29 is 33.4 Å². The number of hydrogen-bond donors (Lipinski definition) is 4. The van der Waals surface area contributed by atoms with Crippen molar-refractivity contribution in [2.45, 2.75) is 66.4 Å². The molecule has 60 heavy (non-hydrogen) atoms. The summed E-state index contributed by atoms with van der Waals surface area (Å²) in [5.41, 5.74) is 10.2. The van der Waals surface area contributed by atoms with E-state index in [2.05, 4.69) is 26.1 Å². The zero-order valence-electron chi connectivity index (χ0n) is 34.2. The Labute approximate surface area is 344 Å². The van der Waals surface area contributed by atoms with Crippen molar-refractivity contribution in [1.29, 1.82) is 0 Å². The van der Waals surface area contributed by atoms with Crippen LogP contribution in [0.5, 0.6) is 11.5 Å². The molecule has 1 fully saturated rings. The summed E-state index contributed by atoms with van der Waals surface area (Å²) >= 11 is 0. The van der Waals surface area contributed by atoms with Gasteiger partial charge in [-0.3, -0.25) is 39.2 Å². The van der Waals surface area contributed by atoms with Gasteiger partial charge in [0.05, 0.1) is 48.8 Å². The third kappa shape index (κ3) is 8.62. The van der Waals surface area contributed by atoms with Gasteiger partial charge in [-0.15, -0.1) is 0 Å². The van der Waals surface area contributed by atoms with Gasteiger partial charge in [0, 0.05) is 56.8 Å². The van der Waals surface area contributed by atoms with Gasteiger partial charge >= 0.3 is 0 Å². The standard InChI is InChI=1S/C41H48N12O7/c1-6-52-31(15-24(3)48-52)38(56)46-40-44-29-17-26(23-54)18-34(60-14-10-13-59-28-21-43-22-28)36(29)51(40)12-9-8-11-50-35-30(19-27(37(42)55)20-33(35)58-5)45-41(50)47-39(57)32-16-25(4)49-53(32)7-2/h8-9,15-20,23,28,43H,6-7,10-14,21-22H2,1-5H3,(H2,42,55)(H,44,46,56)(H,45,47,57)/b9-8+. The number of aryl methyl sites for hydroxylation is 4. The number of amides is 3. The summed E-state index contributed by atoms with van der Waals surface area (Å²) in [5, 5.41) is 17.9. The van der Waals surface area contributed by atoms with E-state index in [4.69, 9.17) is 29.9 Å². The highest BCUT2D eigenvalue weighted by Crippen LogP contribution is 2.33. The molecule has 1 aliphatic rings. The third-order valence-corrected chi connectivity index (χ3v) is 9.98. The summed E-state index contributed by atoms with van der Waals surface area (Å²) < 4.78 is 24.6. The molecule has 0 atom stereocenters. The number of hydrogen-bond acceptors (Lipinski definition) is 12. The van der Waals surface area contributed by atoms with Gasteiger partial charge in [0.25, 0.3) is 11.8 Å². The van der Waals surface area contributed by atoms with E-state index in [0.29, 0.717) is 94.6 Å². The van der Waals surface area contributed by atoms with E-state index in [-0.39, 0.29) is 36.7 Å². The Kier molecular flexibility index (Phi) is 12.4. The molecule has 5 N–H and O–H groups in total. The minimum atomic E-state index is -0.662. The van der Waals surface area contributed by atoms with Crippen molar-refractivity contribution in [2.75, 3.05) is 44.0 Å². The maximum Gasteiger partial charge on any atom is 0.276 e. The molecule has 19 nitrogen and oxygen atoms in total. The molecule has 0 aliphatic carbocycles. The van der Waals surface area contributed by atoms with Crippen LogP contribution in [0.15, 0.2) is 48.6 Å². The smallest absolute Gasteiger partial charge is 0.276 e. The first-order valence-electron chi connectivity index (χ1n) is 19.7. The van der Waals surface area contributed by atoms with Crippen molar-refractivity contribution in [2.24, 2.45) is 5.73 Å². The lowest BCUT2D eigenvalue weighted by Crippen LogP contribution is -2.48. The summed E-state index contributed by atoms with van der Waals surface area (Å²) in [6, 6.07) is 9.76. The van der Waals surface area contributed by atoms with Gasteiger partial charge in [0.2, 0.25) is 17.8 Å². The molecule has 1 aliphatic heterocycles. The van der Waals surface area contributed by atoms with E-state index < -0.39 is 17.7 Å². The number of nitrogens with one attached hydrogen (secondary N) is 3. The van der Waals surface area contributed by atoms with E-state index in [1.807, 2.05) is 32.9 Å². The number of aldehydes is 1. The highest BCUT2D eigenvalue weighted by molar-refractivity contribution is 6.05. The second kappa shape index (κ2) is 18.0. The maximum atomic E-state index is 13.7. The molecule has 6 aromatic rings. The van der Waals surface area contributed by atoms with Crippen LogP contribution in [0.3, 0.4) is 0 Å². The van der Waals surface area contributed by atoms with Crippen molar-refractivity contribution >= 4 is 58.0 Å². The molecule has 0 saturated carbocycles. The van der Waals surface area contributed by atoms with Crippen LogP contribution in [0.2, 0.25) is 0 Å². The second-order valence-electron chi connectivity index (χ2n) is 14.2. The first-order chi connectivity index (χ1) is 29.0. The number of benzene rings is 2. The van der Waals surface area contributed by atoms with E-state index in [9.17, 15) is 19.2 Å². The van der Waals surface area contributed by atoms with Crippen LogP contribution in [0.25, 0.3) is 22.1 Å². The van der Waals surface area contributed by atoms with E-state index in [1.54, 1.807) is 55.8 Å². The van der Waals surface area contributed by atoms with Gasteiger partial charge in [0.15, 0.2) is 0 Å². The molecule has 0 unspecified atom stereocenters. The Morgan fingerprint density at radius 2 is 1.38 bits per heavy atom. The maximum absolute atomic E-state index is 13.7. The minimum absolute atomic E-state index is 0.183. The van der Waals surface area contributed by atoms with E-state index in [0.717, 1.165) is 19.4 Å². The fourth-order valence-corrected chi connectivity index (χ4v) is 7.00. The molecule has 0 spiro atoms. The molecule has 3 amide bonds. The summed E-state index contributed by atoms with van der Waals surface area (Å²) in [4.78, 5) is 61.1. The Hall–Kier alpha value is -6.86. The molecule has 7 rings (SSSR count). The van der Waals surface area contributed by atoms with Gasteiger partial charge in [-0.05, 0) is 64.1 Å². The van der Waals surface area contributed by atoms with Crippen LogP contribution < -0.4 is 31.2 Å². The number of carbonyl (C=O) groups excluding carboxylic acids is 4. The zero-order valence-corrected chi connectivity index (χ0v) is 34.2. The molecule has 1 saturated heterocycles. The number of nitrogens with two attached hydrogens (primary N) is 1. The number of anilines is 2. The Morgan fingerprint density at radius 1 is 0.817 bits per heavy atom. The molecular formula is C41H48N12O7. The first-order valence-corrected chi connectivity index (χ1v) is 19.7. The largest absolute Gasteiger partial charge is 0.494 e. The van der Waals surface area contributed by atoms with Crippen molar-refractivity contribution in [1.82, 2.24) is 44.0 Å². The monoisotopic (exact) mass is 820 g/mol. The molecule has 2 aromatic carbocycles. The van der Waals surface area contributed by atoms with Crippen LogP contribution >= 0.6 is 0 Å². The van der Waals surface area contributed by atoms with E-state index >= 15 is 0 Å². The number of ether oxygens (including phenoxy) is 3. The topological polar surface area (TPSA) is 229 Å². The zero-order chi connectivity index (χ0) is 42.5. The number of methoxy groups -OCH3 is 1. The fourth-order valence-electron chi connectivity index (χ4n) is 7.00. The molecule has 0 radical (unpaired) electrons. The third-order valence-electron chi connectivity index (χ3n) is 9.98. The molecule has 0 bridgehead atoms. The fraction of sp³-hybridized carbons (Fsp3) is 0.366. The van der Waals surface area contributed by atoms with E-state index in [1.165, 1.54) is 13.2 Å². The quantitative estimate of drug-likeness (QED) is 0.0519. The summed E-state index contributed by atoms with van der Waals surface area (Å²) in [6.07, 6.45) is 5.26. The van der Waals surface area contributed by atoms with Crippen LogP contribution in [0, 0.1) is 13.8 Å². The minimum Gasteiger partial charge on any atom is -0.494 e. The number of fused-ring (bicyclic) bond motifs is 2. The second-order valence-corrected chi connectivity index (χ2v) is 14.2. The Bertz CT molecular complexity index is 2610. The number of nitrogens with zero attached hydrogens (tertiary/aromatic N) is 8. The van der Waals surface area contributed by atoms with Crippen LogP contribution in [0.4, 0.5) is 11.9 Å². The predicted octanol–water partition coefficient (Wildman–Crippen LogP) is 3.87. The van der Waals surface area contributed by atoms with Crippen LogP contribution in [-0.4, -0.2) is 102 Å². The van der Waals surface area contributed by atoms with Gasteiger partial charge in [-0.1, -0.05) is 12.2 Å². The van der Waals surface area contributed by atoms with Gasteiger partial charge < -0.3 is 34.4 Å². The van der Waals surface area contributed by atoms with Crippen LogP contribution in [0.1, 0.15) is 73.3 Å². The SMILES string of the molecule is CCn1nc(C)cc1C(=O)Nc1nc2cc(C(N)=O)cc(OC)c2n1C/C=C/Cn1c(NC(=O)c2cc(C)nn2CC)nc2cc(C=O)cc(OCCCOC3CNC3)c21. The molecule has 4 aromatic heterocycles. The highest BCUT2D eigenvalue weighted by atomic mass is 16.5. The highest BCUT2D eigenvalue weighted by Gasteiger charge is 2.23. The molecule has 19 heteroatoms. The Morgan fingerprint density at radius 3 is 1.88 bits per heavy atom. The molecule has 5 heterocycles. The summed E-state index contributed by atoms with van der Waals surface area (Å²) in [5.74, 6) is -0.342. The van der Waals surface area contributed by atoms with Crippen LogP contribution in [-0.2, 0) is 30.9 Å². The number of rotatable bonds is 19. The lowest BCUT2D eigenvalue weighted by Gasteiger charge is -2.27. The number of aromatic nitrogens is 8. The number of primary amides is 1. The average Bonchev–Trinajstić information content (AvgIpc) is 3.98. The lowest BCUT2D eigenvalue weighted by atomic mass is 10.1. The summed E-state index contributed by atoms with van der Waals surface area (Å²) in [7, 11) is 1.47. The van der Waals surface area contributed by atoms with Gasteiger partial charge in [-0.25, -0.2) is 9.97 Å². The van der Waals surface area contributed by atoms with Crippen molar-refractivity contribution in [3.8, 4) is 11.5 Å². The predicted molar refractivity (Wildman–Crippen MR) is 223 cm³/mol. The normalized spacial score (nSPS) is 12.9. The Balaban J connectivity index is 1.24. The summed E-state index contributed by atoms with van der Waals surface area (Å²) in [6.45, 7) is 11.2. The van der Waals surface area contributed by atoms with Gasteiger partial charge in [-0.2, -0.15) is 10.2 Å². The lowest BCUT2D eigenvalue weighted by molar-refractivity contribution is 0.0136. The molecule has 314 valence electrons. The number of carbonyl (C=O) groups is 4. The van der Waals surface area contributed by atoms with Gasteiger partial charge in [0.1, 0.15) is 40.2 Å². The first kappa shape index (κ1) is 41.3.